The lowest BCUT2D eigenvalue weighted by Crippen LogP contribution is -2.28. The van der Waals surface area contributed by atoms with E-state index in [1.165, 1.54) is 6.92 Å². The number of anilines is 1. The third kappa shape index (κ3) is 3.68. The lowest BCUT2D eigenvalue weighted by atomic mass is 10.1. The van der Waals surface area contributed by atoms with Gasteiger partial charge in [0, 0.05) is 28.8 Å². The zero-order chi connectivity index (χ0) is 12.8. The number of aliphatic hydroxyl groups excluding tert-OH is 1. The van der Waals surface area contributed by atoms with Gasteiger partial charge in [-0.3, -0.25) is 4.79 Å². The van der Waals surface area contributed by atoms with Crippen molar-refractivity contribution in [2.24, 2.45) is 0 Å². The standard InChI is InChI=1S/C13H16BrNO2/c1-3-6-15(7-8-16)13-9-11(14)4-5-12(13)10(2)17/h3-5,9,16H,1,6-8H2,2H3. The Morgan fingerprint density at radius 2 is 2.29 bits per heavy atom. The minimum absolute atomic E-state index is 0.0134. The second-order valence-electron chi connectivity index (χ2n) is 3.68. The van der Waals surface area contributed by atoms with Gasteiger partial charge in [0.05, 0.1) is 6.61 Å². The Kier molecular flexibility index (Phi) is 5.38. The summed E-state index contributed by atoms with van der Waals surface area (Å²) >= 11 is 3.39. The van der Waals surface area contributed by atoms with E-state index < -0.39 is 0 Å². The van der Waals surface area contributed by atoms with Crippen molar-refractivity contribution in [3.8, 4) is 0 Å². The Morgan fingerprint density at radius 3 is 2.82 bits per heavy atom. The second kappa shape index (κ2) is 6.57. The van der Waals surface area contributed by atoms with Crippen molar-refractivity contribution in [2.75, 3.05) is 24.6 Å². The molecule has 0 fully saturated rings. The highest BCUT2D eigenvalue weighted by molar-refractivity contribution is 9.10. The quantitative estimate of drug-likeness (QED) is 0.648. The maximum atomic E-state index is 11.6. The molecular formula is C13H16BrNO2. The molecule has 0 atom stereocenters. The highest BCUT2D eigenvalue weighted by Gasteiger charge is 2.13. The van der Waals surface area contributed by atoms with Gasteiger partial charge in [-0.1, -0.05) is 22.0 Å². The van der Waals surface area contributed by atoms with Crippen LogP contribution in [0.5, 0.6) is 0 Å². The summed E-state index contributed by atoms with van der Waals surface area (Å²) in [5.74, 6) is 0.0134. The molecule has 17 heavy (non-hydrogen) atoms. The van der Waals surface area contributed by atoms with Crippen LogP contribution in [0.1, 0.15) is 17.3 Å². The molecule has 4 heteroatoms. The number of rotatable bonds is 6. The molecule has 0 aliphatic heterocycles. The number of carbonyl (C=O) groups is 1. The summed E-state index contributed by atoms with van der Waals surface area (Å²) in [7, 11) is 0. The highest BCUT2D eigenvalue weighted by Crippen LogP contribution is 2.25. The van der Waals surface area contributed by atoms with Crippen molar-refractivity contribution in [3.05, 3.63) is 40.9 Å². The Balaban J connectivity index is 3.18. The molecule has 0 aliphatic carbocycles. The minimum Gasteiger partial charge on any atom is -0.395 e. The molecule has 0 spiro atoms. The largest absolute Gasteiger partial charge is 0.395 e. The topological polar surface area (TPSA) is 40.5 Å². The van der Waals surface area contributed by atoms with E-state index in [-0.39, 0.29) is 12.4 Å². The van der Waals surface area contributed by atoms with E-state index in [2.05, 4.69) is 22.5 Å². The van der Waals surface area contributed by atoms with Crippen LogP contribution in [0.25, 0.3) is 0 Å². The van der Waals surface area contributed by atoms with E-state index in [0.717, 1.165) is 10.2 Å². The first-order valence-corrected chi connectivity index (χ1v) is 6.16. The van der Waals surface area contributed by atoms with Crippen LogP contribution in [0.15, 0.2) is 35.3 Å². The zero-order valence-electron chi connectivity index (χ0n) is 9.82. The van der Waals surface area contributed by atoms with Crippen LogP contribution in [-0.2, 0) is 0 Å². The number of hydrogen-bond acceptors (Lipinski definition) is 3. The van der Waals surface area contributed by atoms with Gasteiger partial charge in [0.1, 0.15) is 0 Å². The molecule has 0 saturated carbocycles. The third-order valence-electron chi connectivity index (χ3n) is 2.40. The van der Waals surface area contributed by atoms with Crippen molar-refractivity contribution >= 4 is 27.4 Å². The average Bonchev–Trinajstić information content (AvgIpc) is 2.28. The SMILES string of the molecule is C=CCN(CCO)c1cc(Br)ccc1C(C)=O. The highest BCUT2D eigenvalue weighted by atomic mass is 79.9. The van der Waals surface area contributed by atoms with Crippen molar-refractivity contribution in [1.82, 2.24) is 0 Å². The molecule has 0 bridgehead atoms. The van der Waals surface area contributed by atoms with Gasteiger partial charge in [0.15, 0.2) is 5.78 Å². The van der Waals surface area contributed by atoms with Gasteiger partial charge in [-0.15, -0.1) is 6.58 Å². The minimum atomic E-state index is 0.0134. The predicted octanol–water partition coefficient (Wildman–Crippen LogP) is 2.64. The Hall–Kier alpha value is -1.13. The number of Topliss-reactive ketones (excluding diaryl/α,β-unsaturated/α-hetero) is 1. The Bertz CT molecular complexity index is 418. The van der Waals surface area contributed by atoms with Crippen LogP contribution in [0, 0.1) is 0 Å². The lowest BCUT2D eigenvalue weighted by Gasteiger charge is -2.24. The van der Waals surface area contributed by atoms with E-state index in [9.17, 15) is 4.79 Å². The summed E-state index contributed by atoms with van der Waals surface area (Å²) in [6, 6.07) is 5.51. The molecule has 0 amide bonds. The fraction of sp³-hybridized carbons (Fsp3) is 0.308. The van der Waals surface area contributed by atoms with E-state index in [0.29, 0.717) is 18.7 Å². The fourth-order valence-corrected chi connectivity index (χ4v) is 2.00. The van der Waals surface area contributed by atoms with Crippen LogP contribution < -0.4 is 4.90 Å². The Labute approximate surface area is 110 Å². The first kappa shape index (κ1) is 13.9. The number of nitrogens with zero attached hydrogens (tertiary/aromatic N) is 1. The number of benzene rings is 1. The molecule has 0 heterocycles. The predicted molar refractivity (Wildman–Crippen MR) is 73.6 cm³/mol. The molecule has 0 aromatic heterocycles. The second-order valence-corrected chi connectivity index (χ2v) is 4.59. The van der Waals surface area contributed by atoms with E-state index in [4.69, 9.17) is 5.11 Å². The average molecular weight is 298 g/mol. The van der Waals surface area contributed by atoms with Crippen molar-refractivity contribution < 1.29 is 9.90 Å². The van der Waals surface area contributed by atoms with Crippen LogP contribution in [0.3, 0.4) is 0 Å². The van der Waals surface area contributed by atoms with Crippen LogP contribution >= 0.6 is 15.9 Å². The van der Waals surface area contributed by atoms with E-state index in [1.54, 1.807) is 12.1 Å². The van der Waals surface area contributed by atoms with Crippen LogP contribution in [-0.4, -0.2) is 30.6 Å². The molecule has 1 N–H and O–H groups in total. The van der Waals surface area contributed by atoms with Crippen LogP contribution in [0.2, 0.25) is 0 Å². The molecule has 92 valence electrons. The van der Waals surface area contributed by atoms with Gasteiger partial charge >= 0.3 is 0 Å². The molecule has 3 nitrogen and oxygen atoms in total. The maximum absolute atomic E-state index is 11.6. The summed E-state index contributed by atoms with van der Waals surface area (Å²) in [5.41, 5.74) is 1.48. The number of carbonyl (C=O) groups excluding carboxylic acids is 1. The van der Waals surface area contributed by atoms with Gasteiger partial charge in [-0.05, 0) is 25.1 Å². The summed E-state index contributed by atoms with van der Waals surface area (Å²) in [6.45, 7) is 6.33. The number of hydrogen-bond donors (Lipinski definition) is 1. The van der Waals surface area contributed by atoms with Crippen molar-refractivity contribution in [1.29, 1.82) is 0 Å². The number of aliphatic hydroxyl groups is 1. The maximum Gasteiger partial charge on any atom is 0.161 e. The van der Waals surface area contributed by atoms with E-state index in [1.807, 2.05) is 17.0 Å². The smallest absolute Gasteiger partial charge is 0.161 e. The van der Waals surface area contributed by atoms with E-state index >= 15 is 0 Å². The van der Waals surface area contributed by atoms with Crippen molar-refractivity contribution in [3.63, 3.8) is 0 Å². The molecule has 1 aromatic carbocycles. The first-order chi connectivity index (χ1) is 8.10. The monoisotopic (exact) mass is 297 g/mol. The summed E-state index contributed by atoms with van der Waals surface area (Å²) in [6.07, 6.45) is 1.75. The van der Waals surface area contributed by atoms with Gasteiger partial charge in [-0.25, -0.2) is 0 Å². The molecule has 0 unspecified atom stereocenters. The first-order valence-electron chi connectivity index (χ1n) is 5.37. The lowest BCUT2D eigenvalue weighted by molar-refractivity contribution is 0.101. The molecular weight excluding hydrogens is 282 g/mol. The molecule has 1 rings (SSSR count). The third-order valence-corrected chi connectivity index (χ3v) is 2.89. The zero-order valence-corrected chi connectivity index (χ0v) is 11.4. The number of ketones is 1. The Morgan fingerprint density at radius 1 is 1.59 bits per heavy atom. The fourth-order valence-electron chi connectivity index (χ4n) is 1.65. The van der Waals surface area contributed by atoms with Crippen molar-refractivity contribution in [2.45, 2.75) is 6.92 Å². The summed E-state index contributed by atoms with van der Waals surface area (Å²) < 4.78 is 0.907. The van der Waals surface area contributed by atoms with Gasteiger partial charge in [-0.2, -0.15) is 0 Å². The summed E-state index contributed by atoms with van der Waals surface area (Å²) in [5, 5.41) is 9.05. The number of halogens is 1. The van der Waals surface area contributed by atoms with Gasteiger partial charge < -0.3 is 10.0 Å². The molecule has 0 saturated heterocycles. The molecule has 1 aromatic rings. The van der Waals surface area contributed by atoms with Crippen LogP contribution in [0.4, 0.5) is 5.69 Å². The van der Waals surface area contributed by atoms with Gasteiger partial charge in [0.25, 0.3) is 0 Å². The normalized spacial score (nSPS) is 10.1. The molecule has 0 radical (unpaired) electrons. The molecule has 0 aliphatic rings. The summed E-state index contributed by atoms with van der Waals surface area (Å²) in [4.78, 5) is 13.5. The van der Waals surface area contributed by atoms with Gasteiger partial charge in [0.2, 0.25) is 0 Å².